The quantitative estimate of drug-likeness (QED) is 0.377. The molecule has 0 unspecified atom stereocenters. The van der Waals surface area contributed by atoms with Crippen molar-refractivity contribution in [3.63, 3.8) is 0 Å². The van der Waals surface area contributed by atoms with Crippen LogP contribution in [0, 0.1) is 0 Å². The molecule has 26 heavy (non-hydrogen) atoms. The molecule has 0 aliphatic carbocycles. The Morgan fingerprint density at radius 3 is 1.69 bits per heavy atom. The first kappa shape index (κ1) is 15.6. The predicted octanol–water partition coefficient (Wildman–Crippen LogP) is 6.23. The molecule has 4 heteroatoms. The second-order valence-electron chi connectivity index (χ2n) is 6.29. The molecule has 0 aromatic heterocycles. The van der Waals surface area contributed by atoms with Gasteiger partial charge < -0.3 is 9.05 Å². The van der Waals surface area contributed by atoms with E-state index >= 15 is 0 Å². The van der Waals surface area contributed by atoms with Gasteiger partial charge in [0.25, 0.3) is 0 Å². The predicted molar refractivity (Wildman–Crippen MR) is 106 cm³/mol. The van der Waals surface area contributed by atoms with E-state index in [0.717, 1.165) is 17.9 Å². The van der Waals surface area contributed by atoms with E-state index < -0.39 is 8.60 Å². The Morgan fingerprint density at radius 1 is 0.692 bits per heavy atom. The van der Waals surface area contributed by atoms with Crippen LogP contribution in [-0.4, -0.2) is 7.11 Å². The van der Waals surface area contributed by atoms with Crippen LogP contribution in [0.5, 0.6) is 11.5 Å². The monoisotopic (exact) mass is 360 g/mol. The van der Waals surface area contributed by atoms with E-state index in [1.165, 1.54) is 32.7 Å². The fourth-order valence-electron chi connectivity index (χ4n) is 3.60. The summed E-state index contributed by atoms with van der Waals surface area (Å²) < 4.78 is 17.7. The Balaban J connectivity index is 1.81. The largest absolute Gasteiger partial charge is 0.462 e. The fraction of sp³-hybridized carbons (Fsp3) is 0.0909. The maximum Gasteiger partial charge on any atom is 0.462 e. The Bertz CT molecular complexity index is 1040. The number of hydrogen-bond donors (Lipinski definition) is 0. The van der Waals surface area contributed by atoms with E-state index in [1.54, 1.807) is 7.11 Å². The Morgan fingerprint density at radius 2 is 1.19 bits per heavy atom. The first-order chi connectivity index (χ1) is 12.8. The van der Waals surface area contributed by atoms with E-state index in [2.05, 4.69) is 60.7 Å². The van der Waals surface area contributed by atoms with Crippen LogP contribution in [0.15, 0.2) is 72.8 Å². The van der Waals surface area contributed by atoms with Crippen molar-refractivity contribution in [3.05, 3.63) is 83.9 Å². The summed E-state index contributed by atoms with van der Waals surface area (Å²) in [6, 6.07) is 25.0. The van der Waals surface area contributed by atoms with Gasteiger partial charge in [0, 0.05) is 24.7 Å². The van der Waals surface area contributed by atoms with Crippen molar-refractivity contribution in [2.24, 2.45) is 0 Å². The molecule has 0 fully saturated rings. The Labute approximate surface area is 153 Å². The van der Waals surface area contributed by atoms with Gasteiger partial charge in [0.1, 0.15) is 11.5 Å². The highest BCUT2D eigenvalue weighted by molar-refractivity contribution is 7.42. The van der Waals surface area contributed by atoms with Crippen molar-refractivity contribution in [3.8, 4) is 11.5 Å². The smallest absolute Gasteiger partial charge is 0.417 e. The third-order valence-corrected chi connectivity index (χ3v) is 5.83. The van der Waals surface area contributed by atoms with Crippen molar-refractivity contribution >= 4 is 30.1 Å². The third-order valence-electron chi connectivity index (χ3n) is 4.84. The van der Waals surface area contributed by atoms with E-state index in [4.69, 9.17) is 13.6 Å². The lowest BCUT2D eigenvalue weighted by molar-refractivity contribution is 0.319. The molecule has 0 radical (unpaired) electrons. The molecule has 128 valence electrons. The molecular weight excluding hydrogens is 343 g/mol. The lowest BCUT2D eigenvalue weighted by atomic mass is 9.93. The summed E-state index contributed by atoms with van der Waals surface area (Å²) in [4.78, 5) is 0. The lowest BCUT2D eigenvalue weighted by Crippen LogP contribution is -2.06. The van der Waals surface area contributed by atoms with Crippen LogP contribution in [0.1, 0.15) is 11.1 Å². The lowest BCUT2D eigenvalue weighted by Gasteiger charge is -2.24. The Kier molecular flexibility index (Phi) is 3.77. The SMILES string of the molecule is COP1Oc2ccc3ccccc3c2Cc2c(ccc3ccccc23)O1. The summed E-state index contributed by atoms with van der Waals surface area (Å²) in [5.41, 5.74) is 2.35. The molecule has 4 aromatic carbocycles. The van der Waals surface area contributed by atoms with Crippen molar-refractivity contribution in [1.29, 1.82) is 0 Å². The summed E-state index contributed by atoms with van der Waals surface area (Å²) in [5.74, 6) is 1.66. The van der Waals surface area contributed by atoms with Gasteiger partial charge >= 0.3 is 8.60 Å². The molecule has 0 spiro atoms. The van der Waals surface area contributed by atoms with Crippen molar-refractivity contribution in [2.75, 3.05) is 7.11 Å². The van der Waals surface area contributed by atoms with Gasteiger partial charge in [-0.1, -0.05) is 60.7 Å². The molecule has 4 aromatic rings. The molecule has 0 bridgehead atoms. The van der Waals surface area contributed by atoms with E-state index in [0.29, 0.717) is 0 Å². The van der Waals surface area contributed by atoms with Gasteiger partial charge in [-0.2, -0.15) is 0 Å². The number of rotatable bonds is 1. The van der Waals surface area contributed by atoms with Crippen LogP contribution in [0.2, 0.25) is 0 Å². The minimum atomic E-state index is -1.50. The molecule has 1 heterocycles. The minimum absolute atomic E-state index is 0.750. The highest BCUT2D eigenvalue weighted by Crippen LogP contribution is 2.48. The van der Waals surface area contributed by atoms with Crippen LogP contribution in [-0.2, 0) is 10.9 Å². The summed E-state index contributed by atoms with van der Waals surface area (Å²) in [6.07, 6.45) is 0.750. The van der Waals surface area contributed by atoms with Gasteiger partial charge in [-0.05, 0) is 33.7 Å². The molecule has 0 saturated heterocycles. The first-order valence-corrected chi connectivity index (χ1v) is 9.64. The van der Waals surface area contributed by atoms with Crippen molar-refractivity contribution in [1.82, 2.24) is 0 Å². The van der Waals surface area contributed by atoms with Crippen molar-refractivity contribution < 1.29 is 13.6 Å². The molecule has 3 nitrogen and oxygen atoms in total. The molecule has 0 atom stereocenters. The first-order valence-electron chi connectivity index (χ1n) is 8.55. The highest BCUT2D eigenvalue weighted by Gasteiger charge is 2.25. The summed E-state index contributed by atoms with van der Waals surface area (Å²) in [6.45, 7) is 0. The normalized spacial score (nSPS) is 14.0. The summed E-state index contributed by atoms with van der Waals surface area (Å²) in [5, 5.41) is 4.83. The van der Waals surface area contributed by atoms with Gasteiger partial charge in [-0.15, -0.1) is 0 Å². The van der Waals surface area contributed by atoms with Crippen LogP contribution >= 0.6 is 8.60 Å². The van der Waals surface area contributed by atoms with Crippen LogP contribution in [0.3, 0.4) is 0 Å². The fourth-order valence-corrected chi connectivity index (χ4v) is 4.45. The van der Waals surface area contributed by atoms with Crippen LogP contribution in [0.4, 0.5) is 0 Å². The van der Waals surface area contributed by atoms with Gasteiger partial charge in [0.15, 0.2) is 0 Å². The van der Waals surface area contributed by atoms with Crippen LogP contribution in [0.25, 0.3) is 21.5 Å². The second kappa shape index (κ2) is 6.28. The van der Waals surface area contributed by atoms with Crippen molar-refractivity contribution in [2.45, 2.75) is 6.42 Å². The third kappa shape index (κ3) is 2.52. The molecule has 1 aliphatic rings. The van der Waals surface area contributed by atoms with Crippen LogP contribution < -0.4 is 9.05 Å². The molecule has 0 saturated carbocycles. The topological polar surface area (TPSA) is 27.7 Å². The minimum Gasteiger partial charge on any atom is -0.417 e. The van der Waals surface area contributed by atoms with Gasteiger partial charge in [0.05, 0.1) is 0 Å². The zero-order valence-corrected chi connectivity index (χ0v) is 15.2. The number of hydrogen-bond acceptors (Lipinski definition) is 3. The second-order valence-corrected chi connectivity index (χ2v) is 7.47. The summed E-state index contributed by atoms with van der Waals surface area (Å²) >= 11 is 0. The molecular formula is C22H17O3P. The molecule has 1 aliphatic heterocycles. The molecule has 0 amide bonds. The zero-order chi connectivity index (χ0) is 17.5. The summed E-state index contributed by atoms with van der Waals surface area (Å²) in [7, 11) is 0.123. The number of benzene rings is 4. The highest BCUT2D eigenvalue weighted by atomic mass is 31.2. The Hall–Kier alpha value is -2.61. The van der Waals surface area contributed by atoms with Gasteiger partial charge in [0.2, 0.25) is 0 Å². The standard InChI is InChI=1S/C22H17O3P/c1-23-26-24-21-12-10-15-6-2-4-8-17(15)19(21)14-20-18-9-5-3-7-16(18)11-13-22(20)25-26/h2-13H,14H2,1H3. The number of fused-ring (bicyclic) bond motifs is 6. The zero-order valence-electron chi connectivity index (χ0n) is 14.3. The molecule has 0 N–H and O–H groups in total. The van der Waals surface area contributed by atoms with E-state index in [1.807, 2.05) is 12.1 Å². The maximum absolute atomic E-state index is 6.08. The van der Waals surface area contributed by atoms with E-state index in [9.17, 15) is 0 Å². The van der Waals surface area contributed by atoms with Gasteiger partial charge in [-0.25, -0.2) is 0 Å². The van der Waals surface area contributed by atoms with Gasteiger partial charge in [-0.3, -0.25) is 4.52 Å². The average molecular weight is 360 g/mol. The maximum atomic E-state index is 6.08. The molecule has 5 rings (SSSR count). The average Bonchev–Trinajstić information content (AvgIpc) is 2.68. The van der Waals surface area contributed by atoms with E-state index in [-0.39, 0.29) is 0 Å².